The van der Waals surface area contributed by atoms with Crippen molar-refractivity contribution in [2.24, 2.45) is 13.0 Å². The van der Waals surface area contributed by atoms with E-state index in [9.17, 15) is 0 Å². The quantitative estimate of drug-likeness (QED) is 0.725. The summed E-state index contributed by atoms with van der Waals surface area (Å²) in [5, 5.41) is 11.5. The van der Waals surface area contributed by atoms with Gasteiger partial charge in [0.15, 0.2) is 5.82 Å². The molecule has 4 nitrogen and oxygen atoms in total. The second-order valence-corrected chi connectivity index (χ2v) is 6.86. The first-order chi connectivity index (χ1) is 11.3. The van der Waals surface area contributed by atoms with E-state index in [0.29, 0.717) is 6.04 Å². The van der Waals surface area contributed by atoms with Gasteiger partial charge in [-0.3, -0.25) is 4.57 Å². The number of anilines is 1. The molecule has 4 heteroatoms. The maximum absolute atomic E-state index is 4.49. The SMILES string of the molecule is Cn1c(-c2ccc3ccccc3c2)nnc1N1CC2CCCC21. The van der Waals surface area contributed by atoms with Gasteiger partial charge >= 0.3 is 0 Å². The summed E-state index contributed by atoms with van der Waals surface area (Å²) >= 11 is 0. The van der Waals surface area contributed by atoms with Crippen molar-refractivity contribution in [1.82, 2.24) is 14.8 Å². The van der Waals surface area contributed by atoms with Gasteiger partial charge in [-0.15, -0.1) is 10.2 Å². The largest absolute Gasteiger partial charge is 0.337 e. The predicted molar refractivity (Wildman–Crippen MR) is 92.4 cm³/mol. The van der Waals surface area contributed by atoms with Gasteiger partial charge in [0.2, 0.25) is 5.95 Å². The van der Waals surface area contributed by atoms with Crippen LogP contribution in [-0.4, -0.2) is 27.4 Å². The Morgan fingerprint density at radius 2 is 1.87 bits per heavy atom. The lowest BCUT2D eigenvalue weighted by atomic mass is 9.92. The Hall–Kier alpha value is -2.36. The molecule has 1 aliphatic heterocycles. The van der Waals surface area contributed by atoms with Crippen molar-refractivity contribution in [3.8, 4) is 11.4 Å². The molecule has 5 rings (SSSR count). The first-order valence-corrected chi connectivity index (χ1v) is 8.46. The van der Waals surface area contributed by atoms with Crippen molar-refractivity contribution >= 4 is 16.7 Å². The molecule has 0 amide bonds. The number of hydrogen-bond acceptors (Lipinski definition) is 3. The molecule has 2 aromatic carbocycles. The molecule has 23 heavy (non-hydrogen) atoms. The van der Waals surface area contributed by atoms with Gasteiger partial charge in [-0.2, -0.15) is 0 Å². The topological polar surface area (TPSA) is 34.0 Å². The van der Waals surface area contributed by atoms with Crippen molar-refractivity contribution < 1.29 is 0 Å². The summed E-state index contributed by atoms with van der Waals surface area (Å²) in [6, 6.07) is 15.6. The monoisotopic (exact) mass is 304 g/mol. The standard InChI is InChI=1S/C19H20N4/c1-22-18(15-10-9-13-5-2-3-6-14(13)11-15)20-21-19(22)23-12-16-7-4-8-17(16)23/h2-3,5-6,9-11,16-17H,4,7-8,12H2,1H3. The first kappa shape index (κ1) is 13.1. The molecule has 2 atom stereocenters. The summed E-state index contributed by atoms with van der Waals surface area (Å²) in [6.07, 6.45) is 4.06. The van der Waals surface area contributed by atoms with Crippen LogP contribution in [0.1, 0.15) is 19.3 Å². The Morgan fingerprint density at radius 1 is 1.00 bits per heavy atom. The van der Waals surface area contributed by atoms with Gasteiger partial charge in [-0.05, 0) is 35.6 Å². The van der Waals surface area contributed by atoms with Crippen LogP contribution in [0.15, 0.2) is 42.5 Å². The highest BCUT2D eigenvalue weighted by Gasteiger charge is 2.43. The zero-order valence-electron chi connectivity index (χ0n) is 13.3. The van der Waals surface area contributed by atoms with E-state index in [2.05, 4.69) is 69.2 Å². The van der Waals surface area contributed by atoms with Gasteiger partial charge in [0.1, 0.15) is 0 Å². The van der Waals surface area contributed by atoms with Crippen LogP contribution in [-0.2, 0) is 7.05 Å². The van der Waals surface area contributed by atoms with Crippen molar-refractivity contribution in [2.75, 3.05) is 11.4 Å². The molecule has 2 heterocycles. The van der Waals surface area contributed by atoms with Gasteiger partial charge < -0.3 is 4.90 Å². The Labute approximate surface area is 135 Å². The van der Waals surface area contributed by atoms with Crippen molar-refractivity contribution in [1.29, 1.82) is 0 Å². The van der Waals surface area contributed by atoms with Crippen molar-refractivity contribution in [3.05, 3.63) is 42.5 Å². The average Bonchev–Trinajstić information content (AvgIpc) is 3.12. The Kier molecular flexibility index (Phi) is 2.75. The average molecular weight is 304 g/mol. The zero-order chi connectivity index (χ0) is 15.4. The van der Waals surface area contributed by atoms with E-state index in [1.807, 2.05) is 0 Å². The van der Waals surface area contributed by atoms with Crippen LogP contribution in [0.4, 0.5) is 5.95 Å². The number of nitrogens with zero attached hydrogens (tertiary/aromatic N) is 4. The lowest BCUT2D eigenvalue weighted by Crippen LogP contribution is -2.54. The fourth-order valence-corrected chi connectivity index (χ4v) is 4.27. The van der Waals surface area contributed by atoms with Gasteiger partial charge in [0, 0.05) is 25.2 Å². The number of fused-ring (bicyclic) bond motifs is 2. The fourth-order valence-electron chi connectivity index (χ4n) is 4.27. The molecule has 116 valence electrons. The summed E-state index contributed by atoms with van der Waals surface area (Å²) < 4.78 is 2.15. The minimum absolute atomic E-state index is 0.697. The van der Waals surface area contributed by atoms with Crippen LogP contribution >= 0.6 is 0 Å². The zero-order valence-corrected chi connectivity index (χ0v) is 13.3. The maximum Gasteiger partial charge on any atom is 0.227 e. The Balaban J connectivity index is 1.53. The van der Waals surface area contributed by atoms with Crippen LogP contribution in [0, 0.1) is 5.92 Å². The number of aromatic nitrogens is 3. The molecule has 0 N–H and O–H groups in total. The molecule has 0 radical (unpaired) electrons. The molecule has 3 aromatic rings. The summed E-state index contributed by atoms with van der Waals surface area (Å²) in [5.74, 6) is 2.86. The molecule has 2 fully saturated rings. The normalized spacial score (nSPS) is 23.1. The van der Waals surface area contributed by atoms with E-state index in [-0.39, 0.29) is 0 Å². The second kappa shape index (κ2) is 4.82. The molecular weight excluding hydrogens is 284 g/mol. The second-order valence-electron chi connectivity index (χ2n) is 6.86. The smallest absolute Gasteiger partial charge is 0.227 e. The molecule has 2 unspecified atom stereocenters. The third kappa shape index (κ3) is 1.90. The lowest BCUT2D eigenvalue weighted by molar-refractivity contribution is 0.330. The highest BCUT2D eigenvalue weighted by atomic mass is 15.4. The number of hydrogen-bond donors (Lipinski definition) is 0. The molecule has 1 aromatic heterocycles. The number of rotatable bonds is 2. The third-order valence-electron chi connectivity index (χ3n) is 5.57. The van der Waals surface area contributed by atoms with Crippen LogP contribution in [0.2, 0.25) is 0 Å². The molecule has 1 saturated carbocycles. The first-order valence-electron chi connectivity index (χ1n) is 8.46. The van der Waals surface area contributed by atoms with Gasteiger partial charge in [-0.25, -0.2) is 0 Å². The van der Waals surface area contributed by atoms with Crippen LogP contribution in [0.25, 0.3) is 22.2 Å². The van der Waals surface area contributed by atoms with Crippen LogP contribution < -0.4 is 4.90 Å². The predicted octanol–water partition coefficient (Wildman–Crippen LogP) is 3.62. The summed E-state index contributed by atoms with van der Waals surface area (Å²) in [6.45, 7) is 1.15. The third-order valence-corrected chi connectivity index (χ3v) is 5.57. The Morgan fingerprint density at radius 3 is 2.74 bits per heavy atom. The molecule has 0 bridgehead atoms. The van der Waals surface area contributed by atoms with Gasteiger partial charge in [-0.1, -0.05) is 42.8 Å². The van der Waals surface area contributed by atoms with E-state index in [1.165, 1.54) is 30.0 Å². The van der Waals surface area contributed by atoms with Crippen molar-refractivity contribution in [2.45, 2.75) is 25.3 Å². The summed E-state index contributed by atoms with van der Waals surface area (Å²) in [7, 11) is 2.09. The molecule has 1 aliphatic carbocycles. The van der Waals surface area contributed by atoms with E-state index in [1.54, 1.807) is 0 Å². The van der Waals surface area contributed by atoms with E-state index >= 15 is 0 Å². The van der Waals surface area contributed by atoms with Crippen molar-refractivity contribution in [3.63, 3.8) is 0 Å². The summed E-state index contributed by atoms with van der Waals surface area (Å²) in [5.41, 5.74) is 1.13. The van der Waals surface area contributed by atoms with Gasteiger partial charge in [0.05, 0.1) is 0 Å². The fraction of sp³-hybridized carbons (Fsp3) is 0.368. The Bertz CT molecular complexity index is 882. The maximum atomic E-state index is 4.49. The van der Waals surface area contributed by atoms with Crippen LogP contribution in [0.5, 0.6) is 0 Å². The van der Waals surface area contributed by atoms with E-state index < -0.39 is 0 Å². The highest BCUT2D eigenvalue weighted by Crippen LogP contribution is 2.41. The summed E-state index contributed by atoms with van der Waals surface area (Å²) in [4.78, 5) is 2.44. The molecule has 1 saturated heterocycles. The highest BCUT2D eigenvalue weighted by molar-refractivity contribution is 5.86. The number of benzene rings is 2. The van der Waals surface area contributed by atoms with E-state index in [0.717, 1.165) is 29.8 Å². The lowest BCUT2D eigenvalue weighted by Gasteiger charge is -2.44. The minimum Gasteiger partial charge on any atom is -0.337 e. The van der Waals surface area contributed by atoms with E-state index in [4.69, 9.17) is 0 Å². The molecular formula is C19H20N4. The van der Waals surface area contributed by atoms with Gasteiger partial charge in [0.25, 0.3) is 0 Å². The molecule has 2 aliphatic rings. The minimum atomic E-state index is 0.697. The van der Waals surface area contributed by atoms with Crippen LogP contribution in [0.3, 0.4) is 0 Å². The molecule has 0 spiro atoms.